The van der Waals surface area contributed by atoms with Gasteiger partial charge in [0.15, 0.2) is 0 Å². The molecule has 0 radical (unpaired) electrons. The molecule has 3 aliphatic carbocycles. The summed E-state index contributed by atoms with van der Waals surface area (Å²) in [5.41, 5.74) is 13.9. The molecule has 18 rings (SSSR count). The van der Waals surface area contributed by atoms with E-state index in [0.29, 0.717) is 53.9 Å². The predicted octanol–water partition coefficient (Wildman–Crippen LogP) is 12.7. The minimum Gasteiger partial charge on any atom is -0.338 e. The summed E-state index contributed by atoms with van der Waals surface area (Å²) < 4.78 is 40.0. The zero-order chi connectivity index (χ0) is 66.3. The van der Waals surface area contributed by atoms with E-state index in [1.54, 1.807) is 45.4 Å². The maximum absolute atomic E-state index is 14.2. The van der Waals surface area contributed by atoms with Crippen LogP contribution in [0.4, 0.5) is 8.78 Å². The van der Waals surface area contributed by atoms with Crippen LogP contribution in [0.1, 0.15) is 142 Å². The van der Waals surface area contributed by atoms with Gasteiger partial charge in [-0.1, -0.05) is 48.5 Å². The molecule has 486 valence electrons. The van der Waals surface area contributed by atoms with E-state index in [-0.39, 0.29) is 47.1 Å². The highest BCUT2D eigenvalue weighted by atomic mass is 19.3. The fourth-order valence-corrected chi connectivity index (χ4v) is 14.5. The number of alkyl halides is 2. The van der Waals surface area contributed by atoms with Crippen molar-refractivity contribution >= 4 is 50.2 Å². The molecule has 3 aromatic carbocycles. The van der Waals surface area contributed by atoms with Crippen molar-refractivity contribution in [2.24, 2.45) is 21.1 Å². The summed E-state index contributed by atoms with van der Waals surface area (Å²) in [5.74, 6) is 4.69. The van der Waals surface area contributed by atoms with E-state index in [0.717, 1.165) is 151 Å². The van der Waals surface area contributed by atoms with Crippen molar-refractivity contribution in [3.8, 4) is 67.5 Å². The fraction of sp³-hybridized carbons (Fsp3) is 0.342. The molecule has 0 unspecified atom stereocenters. The number of hydrogen-bond donors (Lipinski definition) is 0. The number of rotatable bonds is 10. The Balaban J connectivity index is 0.000000113. The van der Waals surface area contributed by atoms with Gasteiger partial charge in [-0.15, -0.1) is 0 Å². The van der Waals surface area contributed by atoms with E-state index in [2.05, 4.69) is 82.5 Å². The number of fused-ring (bicyclic) bond motifs is 6. The van der Waals surface area contributed by atoms with Gasteiger partial charge in [0, 0.05) is 146 Å². The van der Waals surface area contributed by atoms with E-state index in [1.165, 1.54) is 6.07 Å². The molecule has 21 nitrogen and oxygen atoms in total. The van der Waals surface area contributed by atoms with Gasteiger partial charge in [-0.2, -0.15) is 15.3 Å². The SMILES string of the molecule is C[C@@H]1C(=O)N(C)Cc2c(-c3cccc4cc(-c5cnn(C)c5)ncc34)nc(C3CC3)n21.C[C@@H]1C(=O)N(C)Cc2c(-c3cccc4nc(-c5cnn(C)c5)c(C(F)F)cc34)nc(C3CC3)n21.C[C@H]1C(=O)N(C)Cc2c(-c3cccc4cc(-c5cnn(C)c5)ncc34)nc(C3CC3)n21. The van der Waals surface area contributed by atoms with Crippen LogP contribution in [0.15, 0.2) is 122 Å². The van der Waals surface area contributed by atoms with Crippen LogP contribution in [-0.2, 0) is 55.2 Å². The van der Waals surface area contributed by atoms with Crippen molar-refractivity contribution in [2.45, 2.75) is 121 Å². The molecular formula is C73H72F2N18O3. The quantitative estimate of drug-likeness (QED) is 0.125. The average molecular weight is 1290 g/mol. The van der Waals surface area contributed by atoms with Crippen LogP contribution in [0.2, 0.25) is 0 Å². The van der Waals surface area contributed by atoms with Crippen molar-refractivity contribution < 1.29 is 23.2 Å². The summed E-state index contributed by atoms with van der Waals surface area (Å²) in [5, 5.41) is 17.7. The second kappa shape index (κ2) is 23.1. The Labute approximate surface area is 552 Å². The van der Waals surface area contributed by atoms with Crippen LogP contribution in [-0.4, -0.2) is 127 Å². The summed E-state index contributed by atoms with van der Waals surface area (Å²) >= 11 is 0. The van der Waals surface area contributed by atoms with Gasteiger partial charge in [0.1, 0.15) is 35.6 Å². The summed E-state index contributed by atoms with van der Waals surface area (Å²) in [6.07, 6.45) is 18.7. The Bertz CT molecular complexity index is 4940. The Kier molecular flexibility index (Phi) is 14.5. The summed E-state index contributed by atoms with van der Waals surface area (Å²) in [7, 11) is 11.1. The minimum atomic E-state index is -2.69. The second-order valence-electron chi connectivity index (χ2n) is 26.8. The average Bonchev–Trinajstić information content (AvgIpc) is 1.58. The molecule has 0 N–H and O–H groups in total. The standard InChI is InChI=1S/C25H24F2N6O.2C24H24N6O/c1-13-25(34)31(2)12-20-22(30-24(33(13)20)14-7-8-14)16-5-4-6-19-17(16)9-18(23(26)27)21(29-19)15-10-28-32(3)11-15;2*1-14-24(31)28(2)13-21-22(27-23(30(14)21)15-7-8-15)18-6-4-5-16-9-20(25-11-19(16)18)17-10-26-29(3)12-17/h4-6,9-11,13-14,23H,7-8,12H2,1-3H3;2*4-6,9-12,14-15H,7-8,13H2,1-3H3/t13-;2*14-/m110/s1. The Morgan fingerprint density at radius 3 is 1.15 bits per heavy atom. The molecule has 3 amide bonds. The number of aryl methyl sites for hydroxylation is 3. The number of carbonyl (C=O) groups excluding carboxylic acids is 3. The number of carbonyl (C=O) groups is 3. The predicted molar refractivity (Wildman–Crippen MR) is 360 cm³/mol. The molecule has 23 heteroatoms. The lowest BCUT2D eigenvalue weighted by Gasteiger charge is -2.31. The number of hydrogen-bond acceptors (Lipinski definition) is 12. The van der Waals surface area contributed by atoms with E-state index < -0.39 is 6.43 Å². The molecule has 3 saturated carbocycles. The van der Waals surface area contributed by atoms with Crippen LogP contribution in [0.3, 0.4) is 0 Å². The van der Waals surface area contributed by atoms with Gasteiger partial charge in [0.05, 0.1) is 95.0 Å². The molecule has 3 aliphatic heterocycles. The fourth-order valence-electron chi connectivity index (χ4n) is 14.5. The summed E-state index contributed by atoms with van der Waals surface area (Å²) in [4.78, 5) is 72.7. The van der Waals surface area contributed by atoms with Crippen molar-refractivity contribution in [1.82, 2.24) is 87.6 Å². The van der Waals surface area contributed by atoms with Crippen LogP contribution in [0.5, 0.6) is 0 Å². The molecule has 0 spiro atoms. The van der Waals surface area contributed by atoms with E-state index in [1.807, 2.05) is 114 Å². The third kappa shape index (κ3) is 10.4. The maximum Gasteiger partial charge on any atom is 0.265 e. The number of benzene rings is 3. The van der Waals surface area contributed by atoms with Crippen LogP contribution in [0.25, 0.3) is 100.0 Å². The molecule has 3 fully saturated rings. The number of imidazole rings is 3. The first-order chi connectivity index (χ1) is 46.3. The molecule has 6 aliphatic rings. The zero-order valence-electron chi connectivity index (χ0n) is 55.0. The van der Waals surface area contributed by atoms with Gasteiger partial charge in [-0.25, -0.2) is 28.7 Å². The Hall–Kier alpha value is -10.6. The first-order valence-corrected chi connectivity index (χ1v) is 32.9. The highest BCUT2D eigenvalue weighted by Crippen LogP contribution is 2.49. The number of halogens is 2. The van der Waals surface area contributed by atoms with Gasteiger partial charge in [-0.3, -0.25) is 38.4 Å². The number of aromatic nitrogens is 15. The molecule has 3 atom stereocenters. The minimum absolute atomic E-state index is 0.0547. The van der Waals surface area contributed by atoms with E-state index >= 15 is 0 Å². The lowest BCUT2D eigenvalue weighted by Crippen LogP contribution is -2.39. The maximum atomic E-state index is 14.2. The highest BCUT2D eigenvalue weighted by Gasteiger charge is 2.42. The van der Waals surface area contributed by atoms with Crippen molar-refractivity contribution in [3.05, 3.63) is 162 Å². The lowest BCUT2D eigenvalue weighted by molar-refractivity contribution is -0.136. The molecule has 9 aromatic heterocycles. The molecular weight excluding hydrogens is 1210 g/mol. The molecule has 12 heterocycles. The van der Waals surface area contributed by atoms with Gasteiger partial charge in [-0.05, 0) is 94.3 Å². The monoisotopic (exact) mass is 1290 g/mol. The number of pyridine rings is 3. The second-order valence-corrected chi connectivity index (χ2v) is 26.8. The van der Waals surface area contributed by atoms with E-state index in [4.69, 9.17) is 24.9 Å². The van der Waals surface area contributed by atoms with E-state index in [9.17, 15) is 23.2 Å². The zero-order valence-corrected chi connectivity index (χ0v) is 55.0. The van der Waals surface area contributed by atoms with Crippen LogP contribution in [0, 0.1) is 0 Å². The Morgan fingerprint density at radius 1 is 0.427 bits per heavy atom. The van der Waals surface area contributed by atoms with Gasteiger partial charge in [0.2, 0.25) is 17.7 Å². The molecule has 96 heavy (non-hydrogen) atoms. The van der Waals surface area contributed by atoms with Crippen molar-refractivity contribution in [2.75, 3.05) is 21.1 Å². The lowest BCUT2D eigenvalue weighted by atomic mass is 9.99. The smallest absolute Gasteiger partial charge is 0.265 e. The van der Waals surface area contributed by atoms with Crippen molar-refractivity contribution in [1.29, 1.82) is 0 Å². The normalized spacial score (nSPS) is 18.5. The third-order valence-electron chi connectivity index (χ3n) is 19.9. The topological polar surface area (TPSA) is 207 Å². The molecule has 0 bridgehead atoms. The molecule has 12 aromatic rings. The first-order valence-electron chi connectivity index (χ1n) is 32.9. The van der Waals surface area contributed by atoms with Gasteiger partial charge < -0.3 is 28.4 Å². The number of amides is 3. The number of nitrogens with zero attached hydrogens (tertiary/aromatic N) is 18. The Morgan fingerprint density at radius 2 is 0.792 bits per heavy atom. The number of likely N-dealkylation sites (N-methyl/N-ethyl adjacent to an activating group) is 3. The largest absolute Gasteiger partial charge is 0.338 e. The van der Waals surface area contributed by atoms with Crippen molar-refractivity contribution in [3.63, 3.8) is 0 Å². The summed E-state index contributed by atoms with van der Waals surface area (Å²) in [6.45, 7) is 7.47. The van der Waals surface area contributed by atoms with Crippen LogP contribution >= 0.6 is 0 Å². The van der Waals surface area contributed by atoms with Crippen LogP contribution < -0.4 is 0 Å². The molecule has 0 saturated heterocycles. The van der Waals surface area contributed by atoms with Gasteiger partial charge >= 0.3 is 0 Å². The highest BCUT2D eigenvalue weighted by molar-refractivity contribution is 6.00. The van der Waals surface area contributed by atoms with Gasteiger partial charge in [0.25, 0.3) is 6.43 Å². The third-order valence-corrected chi connectivity index (χ3v) is 19.9. The summed E-state index contributed by atoms with van der Waals surface area (Å²) in [6, 6.07) is 23.2. The first kappa shape index (κ1) is 60.4.